The van der Waals surface area contributed by atoms with Crippen molar-refractivity contribution in [2.75, 3.05) is 0 Å². The van der Waals surface area contributed by atoms with E-state index in [1.165, 1.54) is 0 Å². The number of hydrogen-bond acceptors (Lipinski definition) is 2. The molecule has 3 rings (SSSR count). The summed E-state index contributed by atoms with van der Waals surface area (Å²) >= 11 is 0. The van der Waals surface area contributed by atoms with Crippen LogP contribution in [-0.2, 0) is 0 Å². The minimum absolute atomic E-state index is 0.658. The van der Waals surface area contributed by atoms with E-state index in [-0.39, 0.29) is 0 Å². The van der Waals surface area contributed by atoms with Crippen LogP contribution >= 0.6 is 0 Å². The first-order valence-corrected chi connectivity index (χ1v) is 8.24. The van der Waals surface area contributed by atoms with Crippen molar-refractivity contribution < 1.29 is 0 Å². The van der Waals surface area contributed by atoms with E-state index < -0.39 is 0 Å². The van der Waals surface area contributed by atoms with Gasteiger partial charge in [-0.3, -0.25) is 0 Å². The Hall–Kier alpha value is -3.88. The molecule has 3 aromatic rings. The quantitative estimate of drug-likeness (QED) is 0.569. The van der Waals surface area contributed by atoms with E-state index in [0.29, 0.717) is 11.1 Å². The van der Waals surface area contributed by atoms with Gasteiger partial charge in [0.1, 0.15) is 0 Å². The van der Waals surface area contributed by atoms with Gasteiger partial charge in [0.15, 0.2) is 0 Å². The first kappa shape index (κ1) is 17.0. The number of hydrogen-bond donors (Lipinski definition) is 0. The molecule has 0 unspecified atom stereocenters. The van der Waals surface area contributed by atoms with Crippen molar-refractivity contribution in [2.24, 2.45) is 0 Å². The lowest BCUT2D eigenvalue weighted by molar-refractivity contribution is 1.47. The van der Waals surface area contributed by atoms with Crippen molar-refractivity contribution in [3.63, 3.8) is 0 Å². The minimum Gasteiger partial charge on any atom is -0.192 e. The molecule has 0 aromatic heterocycles. The second-order valence-electron chi connectivity index (χ2n) is 5.77. The maximum absolute atomic E-state index is 9.13. The zero-order chi connectivity index (χ0) is 18.2. The molecule has 0 saturated carbocycles. The third-order valence-electron chi connectivity index (χ3n) is 3.96. The van der Waals surface area contributed by atoms with Crippen molar-refractivity contribution >= 4 is 24.3 Å². The van der Waals surface area contributed by atoms with Gasteiger partial charge in [-0.25, -0.2) is 0 Å². The van der Waals surface area contributed by atoms with Crippen LogP contribution in [0.5, 0.6) is 0 Å². The Labute approximate surface area is 153 Å². The van der Waals surface area contributed by atoms with Crippen molar-refractivity contribution in [2.45, 2.75) is 0 Å². The van der Waals surface area contributed by atoms with Crippen LogP contribution in [0.15, 0.2) is 72.8 Å². The third-order valence-corrected chi connectivity index (χ3v) is 3.96. The summed E-state index contributed by atoms with van der Waals surface area (Å²) in [5.74, 6) is 0. The van der Waals surface area contributed by atoms with E-state index in [9.17, 15) is 0 Å². The first-order chi connectivity index (χ1) is 12.8. The smallest absolute Gasteiger partial charge is 0.0997 e. The summed E-state index contributed by atoms with van der Waals surface area (Å²) in [6.07, 6.45) is 7.97. The Balaban J connectivity index is 1.72. The maximum atomic E-state index is 9.13. The van der Waals surface area contributed by atoms with Gasteiger partial charge < -0.3 is 0 Å². The van der Waals surface area contributed by atoms with Gasteiger partial charge in [-0.05, 0) is 40.5 Å². The fourth-order valence-corrected chi connectivity index (χ4v) is 2.55. The first-order valence-electron chi connectivity index (χ1n) is 8.24. The van der Waals surface area contributed by atoms with Gasteiger partial charge in [0, 0.05) is 0 Å². The van der Waals surface area contributed by atoms with E-state index >= 15 is 0 Å². The SMILES string of the molecule is N#Cc1cccc(/C=C/c2ccc(/C=C\c3ccccc3C#N)cc2)c1. The molecule has 0 amide bonds. The third kappa shape index (κ3) is 4.35. The Morgan fingerprint density at radius 3 is 1.92 bits per heavy atom. The Kier molecular flexibility index (Phi) is 5.41. The summed E-state index contributed by atoms with van der Waals surface area (Å²) in [6.45, 7) is 0. The van der Waals surface area contributed by atoms with Crippen LogP contribution in [0.2, 0.25) is 0 Å². The average Bonchev–Trinajstić information content (AvgIpc) is 2.72. The molecular formula is C24H16N2. The van der Waals surface area contributed by atoms with Crippen molar-refractivity contribution in [1.29, 1.82) is 10.5 Å². The monoisotopic (exact) mass is 332 g/mol. The van der Waals surface area contributed by atoms with Crippen LogP contribution in [0.25, 0.3) is 24.3 Å². The molecule has 0 radical (unpaired) electrons. The summed E-state index contributed by atoms with van der Waals surface area (Å²) in [5.41, 5.74) is 5.40. The topological polar surface area (TPSA) is 47.6 Å². The number of rotatable bonds is 4. The normalized spacial score (nSPS) is 10.7. The predicted octanol–water partition coefficient (Wildman–Crippen LogP) is 5.77. The number of nitriles is 2. The van der Waals surface area contributed by atoms with Gasteiger partial charge in [-0.2, -0.15) is 10.5 Å². The van der Waals surface area contributed by atoms with E-state index in [2.05, 4.69) is 12.1 Å². The van der Waals surface area contributed by atoms with Crippen LogP contribution in [0.4, 0.5) is 0 Å². The zero-order valence-electron chi connectivity index (χ0n) is 14.1. The zero-order valence-corrected chi connectivity index (χ0v) is 14.1. The summed E-state index contributed by atoms with van der Waals surface area (Å²) in [7, 11) is 0. The Bertz CT molecular complexity index is 1040. The molecular weight excluding hydrogens is 316 g/mol. The maximum Gasteiger partial charge on any atom is 0.0997 e. The van der Waals surface area contributed by atoms with Crippen molar-refractivity contribution in [1.82, 2.24) is 0 Å². The lowest BCUT2D eigenvalue weighted by Gasteiger charge is -1.99. The summed E-state index contributed by atoms with van der Waals surface area (Å²) in [5, 5.41) is 18.1. The molecule has 0 heterocycles. The standard InChI is InChI=1S/C24H16N2/c25-17-22-5-3-4-21(16-22)13-12-19-8-10-20(11-9-19)14-15-23-6-1-2-7-24(23)18-26/h1-16H/b13-12+,15-14-. The Morgan fingerprint density at radius 2 is 1.23 bits per heavy atom. The summed E-state index contributed by atoms with van der Waals surface area (Å²) < 4.78 is 0. The number of nitrogens with zero attached hydrogens (tertiary/aromatic N) is 2. The molecule has 0 saturated heterocycles. The van der Waals surface area contributed by atoms with Gasteiger partial charge in [0.05, 0.1) is 23.3 Å². The lowest BCUT2D eigenvalue weighted by Crippen LogP contribution is -1.80. The largest absolute Gasteiger partial charge is 0.192 e. The summed E-state index contributed by atoms with van der Waals surface area (Å²) in [6, 6.07) is 27.6. The van der Waals surface area contributed by atoms with Gasteiger partial charge in [-0.15, -0.1) is 0 Å². The molecule has 0 fully saturated rings. The van der Waals surface area contributed by atoms with Gasteiger partial charge in [-0.1, -0.05) is 78.9 Å². The van der Waals surface area contributed by atoms with E-state index in [4.69, 9.17) is 10.5 Å². The van der Waals surface area contributed by atoms with Crippen molar-refractivity contribution in [3.05, 3.63) is 106 Å². The number of benzene rings is 3. The molecule has 2 nitrogen and oxygen atoms in total. The molecule has 0 N–H and O–H groups in total. The van der Waals surface area contributed by atoms with Crippen LogP contribution in [0.1, 0.15) is 33.4 Å². The van der Waals surface area contributed by atoms with Crippen molar-refractivity contribution in [3.8, 4) is 12.1 Å². The highest BCUT2D eigenvalue weighted by molar-refractivity contribution is 5.74. The highest BCUT2D eigenvalue weighted by Crippen LogP contribution is 2.15. The highest BCUT2D eigenvalue weighted by atomic mass is 14.2. The average molecular weight is 332 g/mol. The molecule has 0 aliphatic carbocycles. The summed E-state index contributed by atoms with van der Waals surface area (Å²) in [4.78, 5) is 0. The fourth-order valence-electron chi connectivity index (χ4n) is 2.55. The van der Waals surface area contributed by atoms with Crippen LogP contribution in [0.3, 0.4) is 0 Å². The molecule has 0 atom stereocenters. The minimum atomic E-state index is 0.658. The molecule has 0 aliphatic heterocycles. The second kappa shape index (κ2) is 8.29. The molecule has 2 heteroatoms. The van der Waals surface area contributed by atoms with Gasteiger partial charge >= 0.3 is 0 Å². The van der Waals surface area contributed by atoms with E-state index in [0.717, 1.165) is 22.3 Å². The van der Waals surface area contributed by atoms with Gasteiger partial charge in [0.25, 0.3) is 0 Å². The molecule has 122 valence electrons. The molecule has 0 bridgehead atoms. The second-order valence-corrected chi connectivity index (χ2v) is 5.77. The lowest BCUT2D eigenvalue weighted by atomic mass is 10.1. The predicted molar refractivity (Wildman–Crippen MR) is 107 cm³/mol. The Morgan fingerprint density at radius 1 is 0.577 bits per heavy atom. The highest BCUT2D eigenvalue weighted by Gasteiger charge is 1.96. The molecule has 26 heavy (non-hydrogen) atoms. The molecule has 0 spiro atoms. The fraction of sp³-hybridized carbons (Fsp3) is 0. The van der Waals surface area contributed by atoms with E-state index in [1.807, 2.05) is 91.0 Å². The molecule has 3 aromatic carbocycles. The van der Waals surface area contributed by atoms with Crippen LogP contribution in [-0.4, -0.2) is 0 Å². The van der Waals surface area contributed by atoms with E-state index in [1.54, 1.807) is 6.07 Å². The van der Waals surface area contributed by atoms with Crippen LogP contribution < -0.4 is 0 Å². The molecule has 0 aliphatic rings. The van der Waals surface area contributed by atoms with Crippen LogP contribution in [0, 0.1) is 22.7 Å². The van der Waals surface area contributed by atoms with Gasteiger partial charge in [0.2, 0.25) is 0 Å².